The fourth-order valence-corrected chi connectivity index (χ4v) is 2.92. The molecule has 0 aromatic heterocycles. The number of aliphatic imine (C=N–C) groups is 1. The Bertz CT molecular complexity index is 469. The van der Waals surface area contributed by atoms with Crippen molar-refractivity contribution in [2.75, 3.05) is 46.2 Å². The van der Waals surface area contributed by atoms with E-state index in [1.165, 1.54) is 4.90 Å². The van der Waals surface area contributed by atoms with Gasteiger partial charge in [-0.2, -0.15) is 0 Å². The van der Waals surface area contributed by atoms with Gasteiger partial charge in [-0.1, -0.05) is 19.1 Å². The minimum absolute atomic E-state index is 0.475. The Kier molecular flexibility index (Phi) is 10.3. The average molecular weight is 340 g/mol. The first-order valence-corrected chi connectivity index (χ1v) is 8.96. The molecule has 1 aromatic rings. The van der Waals surface area contributed by atoms with Gasteiger partial charge in [0.2, 0.25) is 0 Å². The van der Waals surface area contributed by atoms with Gasteiger partial charge in [-0.3, -0.25) is 4.99 Å². The topological polar surface area (TPSA) is 54.9 Å². The number of rotatable bonds is 10. The molecule has 0 aliphatic rings. The van der Waals surface area contributed by atoms with Crippen LogP contribution in [0.15, 0.2) is 34.2 Å². The maximum atomic E-state index is 5.38. The molecule has 130 valence electrons. The molecule has 5 nitrogen and oxygen atoms in total. The van der Waals surface area contributed by atoms with E-state index in [0.717, 1.165) is 37.1 Å². The van der Waals surface area contributed by atoms with Crippen LogP contribution in [0.1, 0.15) is 13.8 Å². The van der Waals surface area contributed by atoms with Crippen LogP contribution >= 0.6 is 11.8 Å². The predicted octanol–water partition coefficient (Wildman–Crippen LogP) is 2.62. The molecule has 0 saturated heterocycles. The van der Waals surface area contributed by atoms with Crippen LogP contribution in [-0.4, -0.2) is 52.2 Å². The van der Waals surface area contributed by atoms with E-state index < -0.39 is 0 Å². The first kappa shape index (κ1) is 19.6. The number of nitrogens with one attached hydrogen (secondary N) is 2. The van der Waals surface area contributed by atoms with Gasteiger partial charge in [0.05, 0.1) is 13.7 Å². The average Bonchev–Trinajstić information content (AvgIpc) is 2.58. The lowest BCUT2D eigenvalue weighted by Crippen LogP contribution is -2.39. The van der Waals surface area contributed by atoms with Crippen molar-refractivity contribution in [1.82, 2.24) is 10.6 Å². The summed E-state index contributed by atoms with van der Waals surface area (Å²) >= 11 is 1.81. The number of thioether (sulfide) groups is 1. The van der Waals surface area contributed by atoms with Crippen molar-refractivity contribution in [1.29, 1.82) is 0 Å². The molecule has 0 aliphatic carbocycles. The molecule has 1 rings (SSSR count). The predicted molar refractivity (Wildman–Crippen MR) is 98.7 cm³/mol. The highest BCUT2D eigenvalue weighted by Crippen LogP contribution is 2.29. The molecule has 2 N–H and O–H groups in total. The van der Waals surface area contributed by atoms with Crippen molar-refractivity contribution in [3.8, 4) is 5.75 Å². The van der Waals surface area contributed by atoms with E-state index in [4.69, 9.17) is 9.47 Å². The Morgan fingerprint density at radius 1 is 1.26 bits per heavy atom. The molecule has 0 amide bonds. The Morgan fingerprint density at radius 2 is 2.04 bits per heavy atom. The zero-order valence-electron chi connectivity index (χ0n) is 14.6. The molecular weight excluding hydrogens is 310 g/mol. The summed E-state index contributed by atoms with van der Waals surface area (Å²) in [5.74, 6) is 3.26. The van der Waals surface area contributed by atoms with E-state index in [1.54, 1.807) is 14.2 Å². The van der Waals surface area contributed by atoms with Crippen molar-refractivity contribution in [3.05, 3.63) is 24.3 Å². The minimum atomic E-state index is 0.475. The quantitative estimate of drug-likeness (QED) is 0.297. The van der Waals surface area contributed by atoms with Crippen LogP contribution < -0.4 is 15.4 Å². The standard InChI is InChI=1S/C17H29N3O2S/c1-5-18-17(19-10-11-21-3)20-12-14(2)13-23-16-9-7-6-8-15(16)22-4/h6-9,14H,5,10-13H2,1-4H3,(H2,18,19,20). The molecule has 0 radical (unpaired) electrons. The highest BCUT2D eigenvalue weighted by molar-refractivity contribution is 7.99. The summed E-state index contributed by atoms with van der Waals surface area (Å²) in [6.45, 7) is 7.34. The first-order chi connectivity index (χ1) is 11.2. The molecule has 1 atom stereocenters. The van der Waals surface area contributed by atoms with Crippen molar-refractivity contribution >= 4 is 17.7 Å². The third-order valence-corrected chi connectivity index (χ3v) is 4.48. The molecule has 0 saturated carbocycles. The monoisotopic (exact) mass is 339 g/mol. The summed E-state index contributed by atoms with van der Waals surface area (Å²) in [6, 6.07) is 8.12. The van der Waals surface area contributed by atoms with Gasteiger partial charge in [-0.25, -0.2) is 0 Å². The minimum Gasteiger partial charge on any atom is -0.496 e. The highest BCUT2D eigenvalue weighted by Gasteiger charge is 2.07. The number of nitrogens with zero attached hydrogens (tertiary/aromatic N) is 1. The number of benzene rings is 1. The van der Waals surface area contributed by atoms with E-state index in [-0.39, 0.29) is 0 Å². The van der Waals surface area contributed by atoms with Crippen molar-refractivity contribution in [2.45, 2.75) is 18.7 Å². The second-order valence-corrected chi connectivity index (χ2v) is 6.27. The number of guanidine groups is 1. The number of hydrogen-bond acceptors (Lipinski definition) is 4. The van der Waals surface area contributed by atoms with Crippen molar-refractivity contribution in [3.63, 3.8) is 0 Å². The zero-order chi connectivity index (χ0) is 16.9. The van der Waals surface area contributed by atoms with E-state index >= 15 is 0 Å². The fraction of sp³-hybridized carbons (Fsp3) is 0.588. The summed E-state index contributed by atoms with van der Waals surface area (Å²) in [6.07, 6.45) is 0. The fourth-order valence-electron chi connectivity index (χ4n) is 1.88. The summed E-state index contributed by atoms with van der Waals surface area (Å²) < 4.78 is 10.4. The van der Waals surface area contributed by atoms with Crippen LogP contribution in [0.3, 0.4) is 0 Å². The Hall–Kier alpha value is -1.40. The van der Waals surface area contributed by atoms with Crippen LogP contribution in [0, 0.1) is 5.92 Å². The van der Waals surface area contributed by atoms with Crippen molar-refractivity contribution in [2.24, 2.45) is 10.9 Å². The molecule has 0 spiro atoms. The molecule has 6 heteroatoms. The van der Waals surface area contributed by atoms with Gasteiger partial charge in [0.1, 0.15) is 5.75 Å². The largest absolute Gasteiger partial charge is 0.496 e. The van der Waals surface area contributed by atoms with Crippen LogP contribution in [-0.2, 0) is 4.74 Å². The van der Waals surface area contributed by atoms with Gasteiger partial charge < -0.3 is 20.1 Å². The normalized spacial score (nSPS) is 12.8. The Labute approximate surface area is 144 Å². The lowest BCUT2D eigenvalue weighted by Gasteiger charge is -2.14. The van der Waals surface area contributed by atoms with Gasteiger partial charge in [0.25, 0.3) is 0 Å². The van der Waals surface area contributed by atoms with E-state index in [0.29, 0.717) is 12.5 Å². The van der Waals surface area contributed by atoms with Crippen LogP contribution in [0.4, 0.5) is 0 Å². The van der Waals surface area contributed by atoms with Gasteiger partial charge in [-0.15, -0.1) is 11.8 Å². The van der Waals surface area contributed by atoms with E-state index in [2.05, 4.69) is 35.5 Å². The van der Waals surface area contributed by atoms with Crippen molar-refractivity contribution < 1.29 is 9.47 Å². The summed E-state index contributed by atoms with van der Waals surface area (Å²) in [5, 5.41) is 6.50. The van der Waals surface area contributed by atoms with Gasteiger partial charge in [0, 0.05) is 37.4 Å². The van der Waals surface area contributed by atoms with E-state index in [1.807, 2.05) is 30.0 Å². The summed E-state index contributed by atoms with van der Waals surface area (Å²) in [5.41, 5.74) is 0. The second-order valence-electron chi connectivity index (χ2n) is 5.21. The number of hydrogen-bond donors (Lipinski definition) is 2. The third kappa shape index (κ3) is 8.13. The van der Waals surface area contributed by atoms with Crippen LogP contribution in [0.5, 0.6) is 5.75 Å². The van der Waals surface area contributed by atoms with Gasteiger partial charge in [0.15, 0.2) is 5.96 Å². The highest BCUT2D eigenvalue weighted by atomic mass is 32.2. The molecule has 0 fully saturated rings. The number of para-hydroxylation sites is 1. The Morgan fingerprint density at radius 3 is 2.74 bits per heavy atom. The maximum absolute atomic E-state index is 5.38. The van der Waals surface area contributed by atoms with Gasteiger partial charge >= 0.3 is 0 Å². The molecular formula is C17H29N3O2S. The SMILES string of the molecule is CCNC(=NCC(C)CSc1ccccc1OC)NCCOC. The van der Waals surface area contributed by atoms with Crippen LogP contribution in [0.2, 0.25) is 0 Å². The molecule has 0 bridgehead atoms. The second kappa shape index (κ2) is 12.1. The molecule has 1 aromatic carbocycles. The lowest BCUT2D eigenvalue weighted by molar-refractivity contribution is 0.203. The molecule has 23 heavy (non-hydrogen) atoms. The Balaban J connectivity index is 2.44. The van der Waals surface area contributed by atoms with Gasteiger partial charge in [-0.05, 0) is 25.0 Å². The lowest BCUT2D eigenvalue weighted by atomic mass is 10.2. The molecule has 0 aliphatic heterocycles. The number of ether oxygens (including phenoxy) is 2. The van der Waals surface area contributed by atoms with E-state index in [9.17, 15) is 0 Å². The third-order valence-electron chi connectivity index (χ3n) is 3.10. The summed E-state index contributed by atoms with van der Waals surface area (Å²) in [4.78, 5) is 5.81. The molecule has 1 unspecified atom stereocenters. The van der Waals surface area contributed by atoms with Crippen LogP contribution in [0.25, 0.3) is 0 Å². The maximum Gasteiger partial charge on any atom is 0.191 e. The number of methoxy groups -OCH3 is 2. The summed E-state index contributed by atoms with van der Waals surface area (Å²) in [7, 11) is 3.41. The first-order valence-electron chi connectivity index (χ1n) is 7.98. The smallest absolute Gasteiger partial charge is 0.191 e. The zero-order valence-corrected chi connectivity index (χ0v) is 15.4. The molecule has 0 heterocycles.